The summed E-state index contributed by atoms with van der Waals surface area (Å²) in [5.74, 6) is -0.268. The lowest BCUT2D eigenvalue weighted by Crippen LogP contribution is -2.29. The lowest BCUT2D eigenvalue weighted by molar-refractivity contribution is 0.102. The molecule has 0 aliphatic carbocycles. The van der Waals surface area contributed by atoms with Gasteiger partial charge in [0.25, 0.3) is 11.5 Å². The third-order valence-electron chi connectivity index (χ3n) is 4.11. The van der Waals surface area contributed by atoms with E-state index in [4.69, 9.17) is 4.74 Å². The van der Waals surface area contributed by atoms with Crippen molar-refractivity contribution < 1.29 is 14.6 Å². The molecule has 2 aromatic carbocycles. The van der Waals surface area contributed by atoms with Gasteiger partial charge in [-0.25, -0.2) is 0 Å². The van der Waals surface area contributed by atoms with Crippen molar-refractivity contribution in [2.24, 2.45) is 0 Å². The SMILES string of the molecule is CCOc1ccc(NC(=O)c2c(O)c3ccccc3n(CC)c2=O)cc1. The van der Waals surface area contributed by atoms with Gasteiger partial charge in [-0.2, -0.15) is 0 Å². The Morgan fingerprint density at radius 1 is 1.12 bits per heavy atom. The van der Waals surface area contributed by atoms with Gasteiger partial charge in [-0.15, -0.1) is 0 Å². The number of carbonyl (C=O) groups excluding carboxylic acids is 1. The van der Waals surface area contributed by atoms with Crippen LogP contribution in [0.25, 0.3) is 10.9 Å². The summed E-state index contributed by atoms with van der Waals surface area (Å²) in [5, 5.41) is 13.6. The quantitative estimate of drug-likeness (QED) is 0.738. The summed E-state index contributed by atoms with van der Waals surface area (Å²) in [5.41, 5.74) is 0.315. The van der Waals surface area contributed by atoms with Gasteiger partial charge < -0.3 is 19.7 Å². The molecule has 6 nitrogen and oxygen atoms in total. The first-order valence-electron chi connectivity index (χ1n) is 8.45. The molecule has 0 aliphatic heterocycles. The van der Waals surface area contributed by atoms with Gasteiger partial charge in [0.2, 0.25) is 0 Å². The van der Waals surface area contributed by atoms with E-state index in [0.717, 1.165) is 0 Å². The lowest BCUT2D eigenvalue weighted by atomic mass is 10.1. The van der Waals surface area contributed by atoms with Crippen molar-refractivity contribution in [1.29, 1.82) is 0 Å². The molecule has 3 rings (SSSR count). The molecule has 6 heteroatoms. The van der Waals surface area contributed by atoms with Gasteiger partial charge in [-0.05, 0) is 50.2 Å². The summed E-state index contributed by atoms with van der Waals surface area (Å²) in [7, 11) is 0. The molecule has 0 fully saturated rings. The predicted octanol–water partition coefficient (Wildman–Crippen LogP) is 3.38. The van der Waals surface area contributed by atoms with Crippen molar-refractivity contribution in [3.8, 4) is 11.5 Å². The first kappa shape index (κ1) is 17.5. The van der Waals surface area contributed by atoms with Crippen LogP contribution in [0.15, 0.2) is 53.3 Å². The molecule has 0 saturated carbocycles. The number of nitrogens with one attached hydrogen (secondary N) is 1. The second kappa shape index (κ2) is 7.31. The maximum absolute atomic E-state index is 12.7. The lowest BCUT2D eigenvalue weighted by Gasteiger charge is -2.13. The number of hydrogen-bond donors (Lipinski definition) is 2. The van der Waals surface area contributed by atoms with E-state index in [1.54, 1.807) is 48.5 Å². The fraction of sp³-hybridized carbons (Fsp3) is 0.200. The maximum Gasteiger partial charge on any atom is 0.267 e. The first-order valence-corrected chi connectivity index (χ1v) is 8.45. The molecule has 1 heterocycles. The van der Waals surface area contributed by atoms with E-state index < -0.39 is 11.5 Å². The highest BCUT2D eigenvalue weighted by molar-refractivity contribution is 6.09. The minimum atomic E-state index is -0.649. The topological polar surface area (TPSA) is 80.6 Å². The highest BCUT2D eigenvalue weighted by Gasteiger charge is 2.21. The largest absolute Gasteiger partial charge is 0.506 e. The van der Waals surface area contributed by atoms with Gasteiger partial charge in [0.15, 0.2) is 0 Å². The Labute approximate surface area is 150 Å². The zero-order valence-electron chi connectivity index (χ0n) is 14.7. The molecule has 0 spiro atoms. The van der Waals surface area contributed by atoms with Gasteiger partial charge in [0, 0.05) is 17.6 Å². The second-order valence-corrected chi connectivity index (χ2v) is 5.70. The number of hydrogen-bond acceptors (Lipinski definition) is 4. The average molecular weight is 352 g/mol. The summed E-state index contributed by atoms with van der Waals surface area (Å²) in [4.78, 5) is 25.4. The zero-order chi connectivity index (χ0) is 18.7. The van der Waals surface area contributed by atoms with Gasteiger partial charge in [0.1, 0.15) is 17.1 Å². The van der Waals surface area contributed by atoms with Crippen LogP contribution < -0.4 is 15.6 Å². The number of para-hydroxylation sites is 1. The van der Waals surface area contributed by atoms with Crippen molar-refractivity contribution in [3.05, 3.63) is 64.4 Å². The number of rotatable bonds is 5. The van der Waals surface area contributed by atoms with E-state index in [0.29, 0.717) is 35.5 Å². The van der Waals surface area contributed by atoms with Crippen molar-refractivity contribution >= 4 is 22.5 Å². The number of ether oxygens (including phenoxy) is 1. The molecule has 0 unspecified atom stereocenters. The van der Waals surface area contributed by atoms with Crippen LogP contribution in [0.4, 0.5) is 5.69 Å². The summed E-state index contributed by atoms with van der Waals surface area (Å²) in [6, 6.07) is 13.8. The fourth-order valence-corrected chi connectivity index (χ4v) is 2.90. The van der Waals surface area contributed by atoms with Gasteiger partial charge in [-0.3, -0.25) is 9.59 Å². The van der Waals surface area contributed by atoms with Crippen LogP contribution in [-0.2, 0) is 6.54 Å². The van der Waals surface area contributed by atoms with E-state index in [1.165, 1.54) is 4.57 Å². The van der Waals surface area contributed by atoms with Gasteiger partial charge in [0.05, 0.1) is 12.1 Å². The third kappa shape index (κ3) is 3.13. The Hall–Kier alpha value is -3.28. The van der Waals surface area contributed by atoms with E-state index in [-0.39, 0.29) is 11.3 Å². The van der Waals surface area contributed by atoms with E-state index in [1.807, 2.05) is 13.8 Å². The maximum atomic E-state index is 12.7. The van der Waals surface area contributed by atoms with Crippen LogP contribution in [-0.4, -0.2) is 22.2 Å². The second-order valence-electron chi connectivity index (χ2n) is 5.70. The zero-order valence-corrected chi connectivity index (χ0v) is 14.7. The summed E-state index contributed by atoms with van der Waals surface area (Å²) in [6.07, 6.45) is 0. The molecule has 0 radical (unpaired) electrons. The van der Waals surface area contributed by atoms with Crippen molar-refractivity contribution in [2.75, 3.05) is 11.9 Å². The molecule has 0 bridgehead atoms. The average Bonchev–Trinajstić information content (AvgIpc) is 2.64. The Balaban J connectivity index is 2.01. The number of aryl methyl sites for hydroxylation is 1. The highest BCUT2D eigenvalue weighted by Crippen LogP contribution is 2.27. The predicted molar refractivity (Wildman–Crippen MR) is 101 cm³/mol. The number of nitrogens with zero attached hydrogens (tertiary/aromatic N) is 1. The third-order valence-corrected chi connectivity index (χ3v) is 4.11. The number of aromatic nitrogens is 1. The monoisotopic (exact) mass is 352 g/mol. The normalized spacial score (nSPS) is 10.7. The van der Waals surface area contributed by atoms with Crippen LogP contribution in [0, 0.1) is 0 Å². The molecule has 1 aromatic heterocycles. The van der Waals surface area contributed by atoms with Crippen molar-refractivity contribution in [3.63, 3.8) is 0 Å². The van der Waals surface area contributed by atoms with Crippen molar-refractivity contribution in [1.82, 2.24) is 4.57 Å². The number of carbonyl (C=O) groups is 1. The number of benzene rings is 2. The molecule has 3 aromatic rings. The Morgan fingerprint density at radius 2 is 1.81 bits per heavy atom. The van der Waals surface area contributed by atoms with Crippen LogP contribution in [0.2, 0.25) is 0 Å². The first-order chi connectivity index (χ1) is 12.6. The number of aromatic hydroxyl groups is 1. The van der Waals surface area contributed by atoms with Crippen LogP contribution in [0.3, 0.4) is 0 Å². The van der Waals surface area contributed by atoms with Crippen LogP contribution >= 0.6 is 0 Å². The van der Waals surface area contributed by atoms with E-state index >= 15 is 0 Å². The standard InChI is InChI=1S/C20H20N2O4/c1-3-22-16-8-6-5-7-15(16)18(23)17(20(22)25)19(24)21-13-9-11-14(12-10-13)26-4-2/h5-12,23H,3-4H2,1-2H3,(H,21,24). The number of amides is 1. The highest BCUT2D eigenvalue weighted by atomic mass is 16.5. The molecule has 0 saturated heterocycles. The molecule has 2 N–H and O–H groups in total. The van der Waals surface area contributed by atoms with Crippen LogP contribution in [0.1, 0.15) is 24.2 Å². The minimum Gasteiger partial charge on any atom is -0.506 e. The van der Waals surface area contributed by atoms with E-state index in [2.05, 4.69) is 5.32 Å². The van der Waals surface area contributed by atoms with Crippen molar-refractivity contribution in [2.45, 2.75) is 20.4 Å². The fourth-order valence-electron chi connectivity index (χ4n) is 2.90. The van der Waals surface area contributed by atoms with Gasteiger partial charge in [-0.1, -0.05) is 12.1 Å². The molecule has 26 heavy (non-hydrogen) atoms. The number of pyridine rings is 1. The Bertz CT molecular complexity index is 1010. The minimum absolute atomic E-state index is 0.264. The van der Waals surface area contributed by atoms with E-state index in [9.17, 15) is 14.7 Å². The molecular formula is C20H20N2O4. The number of anilines is 1. The number of fused-ring (bicyclic) bond motifs is 1. The Morgan fingerprint density at radius 3 is 2.46 bits per heavy atom. The Kier molecular flexibility index (Phi) is 4.93. The molecule has 0 atom stereocenters. The van der Waals surface area contributed by atoms with Crippen LogP contribution in [0.5, 0.6) is 11.5 Å². The smallest absolute Gasteiger partial charge is 0.267 e. The molecule has 134 valence electrons. The van der Waals surface area contributed by atoms with Gasteiger partial charge >= 0.3 is 0 Å². The summed E-state index contributed by atoms with van der Waals surface area (Å²) in [6.45, 7) is 4.65. The summed E-state index contributed by atoms with van der Waals surface area (Å²) >= 11 is 0. The summed E-state index contributed by atoms with van der Waals surface area (Å²) < 4.78 is 6.84. The molecule has 0 aliphatic rings. The molecule has 1 amide bonds. The molecular weight excluding hydrogens is 332 g/mol.